The molecule has 2 rings (SSSR count). The van der Waals surface area contributed by atoms with Crippen LogP contribution in [0.3, 0.4) is 0 Å². The Kier molecular flexibility index (Phi) is 4.76. The van der Waals surface area contributed by atoms with E-state index in [0.29, 0.717) is 18.4 Å². The van der Waals surface area contributed by atoms with Crippen molar-refractivity contribution < 1.29 is 0 Å². The summed E-state index contributed by atoms with van der Waals surface area (Å²) in [4.78, 5) is 11.0. The molecule has 1 fully saturated rings. The topological polar surface area (TPSA) is 83.2 Å². The van der Waals surface area contributed by atoms with Gasteiger partial charge in [-0.25, -0.2) is 9.98 Å². The lowest BCUT2D eigenvalue weighted by atomic mass is 10.2. The van der Waals surface area contributed by atoms with Crippen LogP contribution in [0.1, 0.15) is 57.1 Å². The van der Waals surface area contributed by atoms with Crippen LogP contribution >= 0.6 is 0 Å². The van der Waals surface area contributed by atoms with Crippen LogP contribution in [0.2, 0.25) is 0 Å². The van der Waals surface area contributed by atoms with Gasteiger partial charge in [0.1, 0.15) is 12.4 Å². The monoisotopic (exact) mass is 264 g/mol. The summed E-state index contributed by atoms with van der Waals surface area (Å²) in [6.07, 6.45) is 5.00. The van der Waals surface area contributed by atoms with Crippen LogP contribution in [0.4, 0.5) is 0 Å². The minimum Gasteiger partial charge on any atom is -0.370 e. The van der Waals surface area contributed by atoms with Crippen molar-refractivity contribution in [1.82, 2.24) is 20.1 Å². The SMILES string of the molecule is CC(C)c1n[nH]c(CN=C(N)N2CCCCCC2)n1. The van der Waals surface area contributed by atoms with Crippen molar-refractivity contribution >= 4 is 5.96 Å². The van der Waals surface area contributed by atoms with E-state index in [1.165, 1.54) is 25.7 Å². The Hall–Kier alpha value is -1.59. The van der Waals surface area contributed by atoms with Gasteiger partial charge in [-0.15, -0.1) is 0 Å². The maximum absolute atomic E-state index is 6.05. The quantitative estimate of drug-likeness (QED) is 0.642. The van der Waals surface area contributed by atoms with Crippen molar-refractivity contribution in [3.8, 4) is 0 Å². The van der Waals surface area contributed by atoms with Crippen LogP contribution < -0.4 is 5.73 Å². The van der Waals surface area contributed by atoms with Crippen LogP contribution in [0.25, 0.3) is 0 Å². The number of nitrogens with zero attached hydrogens (tertiary/aromatic N) is 4. The molecule has 1 aromatic rings. The number of H-pyrrole nitrogens is 1. The van der Waals surface area contributed by atoms with Crippen molar-refractivity contribution in [3.63, 3.8) is 0 Å². The average molecular weight is 264 g/mol. The van der Waals surface area contributed by atoms with Crippen molar-refractivity contribution in [2.45, 2.75) is 52.0 Å². The molecule has 2 heterocycles. The number of hydrogen-bond acceptors (Lipinski definition) is 3. The molecular weight excluding hydrogens is 240 g/mol. The fourth-order valence-electron chi connectivity index (χ4n) is 2.19. The molecule has 6 heteroatoms. The zero-order valence-electron chi connectivity index (χ0n) is 11.9. The van der Waals surface area contributed by atoms with E-state index in [-0.39, 0.29) is 0 Å². The lowest BCUT2D eigenvalue weighted by Gasteiger charge is -2.20. The second-order valence-electron chi connectivity index (χ2n) is 5.37. The molecule has 19 heavy (non-hydrogen) atoms. The Balaban J connectivity index is 1.92. The van der Waals surface area contributed by atoms with Crippen LogP contribution in [-0.2, 0) is 6.54 Å². The number of aromatic amines is 1. The third-order valence-corrected chi connectivity index (χ3v) is 3.39. The molecule has 0 aromatic carbocycles. The molecule has 0 amide bonds. The fraction of sp³-hybridized carbons (Fsp3) is 0.769. The highest BCUT2D eigenvalue weighted by Gasteiger charge is 2.11. The van der Waals surface area contributed by atoms with E-state index >= 15 is 0 Å². The molecule has 106 valence electrons. The zero-order valence-corrected chi connectivity index (χ0v) is 11.9. The molecule has 0 atom stereocenters. The van der Waals surface area contributed by atoms with Crippen molar-refractivity contribution in [2.75, 3.05) is 13.1 Å². The molecule has 1 aliphatic rings. The van der Waals surface area contributed by atoms with Crippen molar-refractivity contribution in [1.29, 1.82) is 0 Å². The van der Waals surface area contributed by atoms with Gasteiger partial charge >= 0.3 is 0 Å². The van der Waals surface area contributed by atoms with Gasteiger partial charge in [0, 0.05) is 19.0 Å². The van der Waals surface area contributed by atoms with E-state index in [9.17, 15) is 0 Å². The summed E-state index contributed by atoms with van der Waals surface area (Å²) < 4.78 is 0. The first kappa shape index (κ1) is 13.8. The number of hydrogen-bond donors (Lipinski definition) is 2. The fourth-order valence-corrected chi connectivity index (χ4v) is 2.19. The lowest BCUT2D eigenvalue weighted by Crippen LogP contribution is -2.38. The summed E-state index contributed by atoms with van der Waals surface area (Å²) in [6.45, 7) is 6.65. The number of aliphatic imine (C=N–C) groups is 1. The Bertz CT molecular complexity index is 415. The molecule has 0 saturated carbocycles. The molecule has 3 N–H and O–H groups in total. The molecule has 0 unspecified atom stereocenters. The van der Waals surface area contributed by atoms with Gasteiger partial charge < -0.3 is 10.6 Å². The van der Waals surface area contributed by atoms with E-state index in [4.69, 9.17) is 5.73 Å². The average Bonchev–Trinajstić information content (AvgIpc) is 2.70. The second kappa shape index (κ2) is 6.54. The molecule has 0 spiro atoms. The van der Waals surface area contributed by atoms with Crippen molar-refractivity contribution in [2.24, 2.45) is 10.7 Å². The van der Waals surface area contributed by atoms with Gasteiger partial charge in [0.25, 0.3) is 0 Å². The van der Waals surface area contributed by atoms with E-state index in [1.807, 2.05) is 0 Å². The maximum atomic E-state index is 6.05. The Labute approximate surface area is 114 Å². The number of guanidine groups is 1. The number of rotatable bonds is 3. The smallest absolute Gasteiger partial charge is 0.191 e. The molecule has 0 bridgehead atoms. The Morgan fingerprint density at radius 2 is 2.00 bits per heavy atom. The van der Waals surface area contributed by atoms with Gasteiger partial charge in [-0.05, 0) is 12.8 Å². The van der Waals surface area contributed by atoms with Gasteiger partial charge in [0.05, 0.1) is 0 Å². The molecule has 1 aromatic heterocycles. The largest absolute Gasteiger partial charge is 0.370 e. The normalized spacial score (nSPS) is 17.8. The van der Waals surface area contributed by atoms with E-state index < -0.39 is 0 Å². The summed E-state index contributed by atoms with van der Waals surface area (Å²) in [6, 6.07) is 0. The minimum absolute atomic E-state index is 0.330. The summed E-state index contributed by atoms with van der Waals surface area (Å²) in [5.74, 6) is 2.57. The predicted octanol–water partition coefficient (Wildman–Crippen LogP) is 1.62. The highest BCUT2D eigenvalue weighted by atomic mass is 15.3. The predicted molar refractivity (Wildman–Crippen MR) is 75.8 cm³/mol. The zero-order chi connectivity index (χ0) is 13.7. The molecule has 0 radical (unpaired) electrons. The van der Waals surface area contributed by atoms with Gasteiger partial charge in [-0.2, -0.15) is 5.10 Å². The van der Waals surface area contributed by atoms with Crippen LogP contribution in [0.15, 0.2) is 4.99 Å². The third-order valence-electron chi connectivity index (χ3n) is 3.39. The molecule has 0 aliphatic carbocycles. The van der Waals surface area contributed by atoms with Crippen LogP contribution in [0, 0.1) is 0 Å². The first-order valence-corrected chi connectivity index (χ1v) is 7.13. The molecular formula is C13H24N6. The van der Waals surface area contributed by atoms with E-state index in [2.05, 4.69) is 38.9 Å². The van der Waals surface area contributed by atoms with Crippen LogP contribution in [-0.4, -0.2) is 39.1 Å². The van der Waals surface area contributed by atoms with Gasteiger partial charge in [-0.3, -0.25) is 5.10 Å². The standard InChI is InChI=1S/C13H24N6/c1-10(2)12-16-11(17-18-12)9-15-13(14)19-7-5-3-4-6-8-19/h10H,3-9H2,1-2H3,(H2,14,15)(H,16,17,18). The molecule has 1 aliphatic heterocycles. The number of aromatic nitrogens is 3. The van der Waals surface area contributed by atoms with Crippen LogP contribution in [0.5, 0.6) is 0 Å². The highest BCUT2D eigenvalue weighted by Crippen LogP contribution is 2.10. The summed E-state index contributed by atoms with van der Waals surface area (Å²) in [5.41, 5.74) is 6.05. The maximum Gasteiger partial charge on any atom is 0.191 e. The van der Waals surface area contributed by atoms with E-state index in [0.717, 1.165) is 24.7 Å². The Morgan fingerprint density at radius 3 is 2.58 bits per heavy atom. The Morgan fingerprint density at radius 1 is 1.32 bits per heavy atom. The van der Waals surface area contributed by atoms with Gasteiger partial charge in [-0.1, -0.05) is 26.7 Å². The van der Waals surface area contributed by atoms with E-state index in [1.54, 1.807) is 0 Å². The first-order chi connectivity index (χ1) is 9.16. The van der Waals surface area contributed by atoms with Gasteiger partial charge in [0.15, 0.2) is 11.8 Å². The first-order valence-electron chi connectivity index (χ1n) is 7.13. The summed E-state index contributed by atoms with van der Waals surface area (Å²) in [7, 11) is 0. The van der Waals surface area contributed by atoms with Gasteiger partial charge in [0.2, 0.25) is 0 Å². The number of likely N-dealkylation sites (tertiary alicyclic amines) is 1. The number of nitrogens with one attached hydrogen (secondary N) is 1. The number of nitrogens with two attached hydrogens (primary N) is 1. The second-order valence-corrected chi connectivity index (χ2v) is 5.37. The summed E-state index contributed by atoms with van der Waals surface area (Å²) >= 11 is 0. The highest BCUT2D eigenvalue weighted by molar-refractivity contribution is 5.78. The molecule has 1 saturated heterocycles. The van der Waals surface area contributed by atoms with Crippen molar-refractivity contribution in [3.05, 3.63) is 11.6 Å². The third kappa shape index (κ3) is 3.94. The lowest BCUT2D eigenvalue weighted by molar-refractivity contribution is 0.428. The summed E-state index contributed by atoms with van der Waals surface area (Å²) in [5, 5.41) is 7.08. The minimum atomic E-state index is 0.330. The molecule has 6 nitrogen and oxygen atoms in total.